The number of amides is 1. The molecular weight excluding hydrogens is 394 g/mol. The number of nitriles is 1. The van der Waals surface area contributed by atoms with E-state index in [0.717, 1.165) is 11.1 Å². The van der Waals surface area contributed by atoms with Crippen molar-refractivity contribution in [3.63, 3.8) is 0 Å². The Morgan fingerprint density at radius 2 is 1.77 bits per heavy atom. The molecule has 0 unspecified atom stereocenters. The molecule has 1 N–H and O–H groups in total. The molecule has 3 aromatic rings. The van der Waals surface area contributed by atoms with Gasteiger partial charge in [-0.1, -0.05) is 18.2 Å². The van der Waals surface area contributed by atoms with Gasteiger partial charge in [-0.2, -0.15) is 10.4 Å². The van der Waals surface area contributed by atoms with Crippen molar-refractivity contribution in [1.29, 1.82) is 5.26 Å². The fourth-order valence-corrected chi connectivity index (χ4v) is 2.78. The van der Waals surface area contributed by atoms with E-state index in [9.17, 15) is 4.79 Å². The van der Waals surface area contributed by atoms with Gasteiger partial charge in [0.2, 0.25) is 0 Å². The third-order valence-electron chi connectivity index (χ3n) is 4.45. The standard InChI is InChI=1S/C24H21N3O4/c1-29-21-11-12-22(23(13-21)30-2)24(28)27-26-15-17-7-9-20(10-8-17)31-16-19-6-4-3-5-18(19)14-25/h3-13,15H,16H2,1-2H3,(H,27,28). The molecule has 0 radical (unpaired) electrons. The van der Waals surface area contributed by atoms with Gasteiger partial charge in [-0.25, -0.2) is 5.43 Å². The van der Waals surface area contributed by atoms with Gasteiger partial charge in [0.15, 0.2) is 0 Å². The van der Waals surface area contributed by atoms with Crippen LogP contribution in [0.3, 0.4) is 0 Å². The number of rotatable bonds is 8. The first-order chi connectivity index (χ1) is 15.1. The molecule has 156 valence electrons. The van der Waals surface area contributed by atoms with E-state index < -0.39 is 5.91 Å². The van der Waals surface area contributed by atoms with E-state index in [1.54, 1.807) is 43.5 Å². The van der Waals surface area contributed by atoms with Crippen molar-refractivity contribution in [1.82, 2.24) is 5.43 Å². The van der Waals surface area contributed by atoms with Gasteiger partial charge in [-0.3, -0.25) is 4.79 Å². The molecule has 0 aromatic heterocycles. The Morgan fingerprint density at radius 3 is 2.48 bits per heavy atom. The summed E-state index contributed by atoms with van der Waals surface area (Å²) in [5, 5.41) is 13.1. The van der Waals surface area contributed by atoms with E-state index in [0.29, 0.717) is 35.0 Å². The van der Waals surface area contributed by atoms with Crippen LogP contribution < -0.4 is 19.6 Å². The van der Waals surface area contributed by atoms with E-state index in [2.05, 4.69) is 16.6 Å². The topological polar surface area (TPSA) is 92.9 Å². The van der Waals surface area contributed by atoms with Crippen molar-refractivity contribution in [2.24, 2.45) is 5.10 Å². The van der Waals surface area contributed by atoms with Crippen molar-refractivity contribution in [3.8, 4) is 23.3 Å². The Morgan fingerprint density at radius 1 is 1.03 bits per heavy atom. The Bertz CT molecular complexity index is 1120. The third kappa shape index (κ3) is 5.61. The largest absolute Gasteiger partial charge is 0.497 e. The first-order valence-corrected chi connectivity index (χ1v) is 9.41. The lowest BCUT2D eigenvalue weighted by atomic mass is 10.1. The highest BCUT2D eigenvalue weighted by atomic mass is 16.5. The number of hydrogen-bond donors (Lipinski definition) is 1. The Labute approximate surface area is 180 Å². The van der Waals surface area contributed by atoms with E-state index >= 15 is 0 Å². The molecule has 0 fully saturated rings. The highest BCUT2D eigenvalue weighted by Gasteiger charge is 2.12. The molecule has 31 heavy (non-hydrogen) atoms. The van der Waals surface area contributed by atoms with Gasteiger partial charge in [0.05, 0.1) is 37.6 Å². The number of nitrogens with one attached hydrogen (secondary N) is 1. The summed E-state index contributed by atoms with van der Waals surface area (Å²) in [7, 11) is 3.03. The van der Waals surface area contributed by atoms with Gasteiger partial charge >= 0.3 is 0 Å². The summed E-state index contributed by atoms with van der Waals surface area (Å²) in [5.74, 6) is 1.26. The zero-order valence-corrected chi connectivity index (χ0v) is 17.2. The number of carbonyl (C=O) groups is 1. The molecule has 7 heteroatoms. The minimum atomic E-state index is -0.396. The Kier molecular flexibility index (Phi) is 7.22. The second-order valence-corrected chi connectivity index (χ2v) is 6.39. The van der Waals surface area contributed by atoms with Crippen LogP contribution >= 0.6 is 0 Å². The molecule has 0 aliphatic carbocycles. The number of methoxy groups -OCH3 is 2. The molecule has 3 rings (SSSR count). The van der Waals surface area contributed by atoms with Crippen LogP contribution in [0.25, 0.3) is 0 Å². The second kappa shape index (κ2) is 10.5. The number of hydrogen-bond acceptors (Lipinski definition) is 6. The molecule has 0 spiro atoms. The lowest BCUT2D eigenvalue weighted by molar-refractivity contribution is 0.0952. The fourth-order valence-electron chi connectivity index (χ4n) is 2.78. The monoisotopic (exact) mass is 415 g/mol. The molecule has 0 atom stereocenters. The van der Waals surface area contributed by atoms with Crippen molar-refractivity contribution in [2.75, 3.05) is 14.2 Å². The number of nitrogens with zero attached hydrogens (tertiary/aromatic N) is 2. The quantitative estimate of drug-likeness (QED) is 0.445. The average molecular weight is 415 g/mol. The summed E-state index contributed by atoms with van der Waals surface area (Å²) in [5.41, 5.74) is 5.03. The van der Waals surface area contributed by atoms with Crippen LogP contribution in [0.15, 0.2) is 71.8 Å². The number of benzene rings is 3. The number of ether oxygens (including phenoxy) is 3. The van der Waals surface area contributed by atoms with E-state index in [-0.39, 0.29) is 0 Å². The summed E-state index contributed by atoms with van der Waals surface area (Å²) in [6.07, 6.45) is 1.53. The summed E-state index contributed by atoms with van der Waals surface area (Å²) in [6, 6.07) is 21.6. The lowest BCUT2D eigenvalue weighted by Gasteiger charge is -2.09. The SMILES string of the molecule is COc1ccc(C(=O)NN=Cc2ccc(OCc3ccccc3C#N)cc2)c(OC)c1. The van der Waals surface area contributed by atoms with Gasteiger partial charge in [0.25, 0.3) is 5.91 Å². The number of hydrazone groups is 1. The van der Waals surface area contributed by atoms with Gasteiger partial charge in [-0.15, -0.1) is 0 Å². The van der Waals surface area contributed by atoms with Crippen LogP contribution in [0.2, 0.25) is 0 Å². The second-order valence-electron chi connectivity index (χ2n) is 6.39. The maximum atomic E-state index is 12.4. The van der Waals surface area contributed by atoms with Gasteiger partial charge in [0.1, 0.15) is 23.9 Å². The van der Waals surface area contributed by atoms with E-state index in [1.165, 1.54) is 13.3 Å². The van der Waals surface area contributed by atoms with E-state index in [1.807, 2.05) is 30.3 Å². The lowest BCUT2D eigenvalue weighted by Crippen LogP contribution is -2.18. The maximum Gasteiger partial charge on any atom is 0.275 e. The van der Waals surface area contributed by atoms with Crippen LogP contribution in [0, 0.1) is 11.3 Å². The molecule has 0 heterocycles. The van der Waals surface area contributed by atoms with Crippen molar-refractivity contribution >= 4 is 12.1 Å². The predicted molar refractivity (Wildman–Crippen MR) is 117 cm³/mol. The van der Waals surface area contributed by atoms with Crippen molar-refractivity contribution < 1.29 is 19.0 Å². The normalized spacial score (nSPS) is 10.4. The number of carbonyl (C=O) groups excluding carboxylic acids is 1. The molecule has 0 saturated carbocycles. The summed E-state index contributed by atoms with van der Waals surface area (Å²) < 4.78 is 16.1. The zero-order chi connectivity index (χ0) is 22.1. The fraction of sp³-hybridized carbons (Fsp3) is 0.125. The molecule has 7 nitrogen and oxygen atoms in total. The van der Waals surface area contributed by atoms with Crippen LogP contribution in [0.5, 0.6) is 17.2 Å². The predicted octanol–water partition coefficient (Wildman–Crippen LogP) is 3.92. The highest BCUT2D eigenvalue weighted by molar-refractivity contribution is 5.97. The summed E-state index contributed by atoms with van der Waals surface area (Å²) in [4.78, 5) is 12.4. The van der Waals surface area contributed by atoms with Crippen molar-refractivity contribution in [3.05, 3.63) is 89.0 Å². The maximum absolute atomic E-state index is 12.4. The summed E-state index contributed by atoms with van der Waals surface area (Å²) >= 11 is 0. The average Bonchev–Trinajstić information content (AvgIpc) is 2.83. The third-order valence-corrected chi connectivity index (χ3v) is 4.45. The van der Waals surface area contributed by atoms with Crippen LogP contribution in [0.4, 0.5) is 0 Å². The van der Waals surface area contributed by atoms with Crippen LogP contribution in [-0.2, 0) is 6.61 Å². The van der Waals surface area contributed by atoms with Gasteiger partial charge < -0.3 is 14.2 Å². The van der Waals surface area contributed by atoms with Crippen LogP contribution in [0.1, 0.15) is 27.0 Å². The van der Waals surface area contributed by atoms with E-state index in [4.69, 9.17) is 19.5 Å². The zero-order valence-electron chi connectivity index (χ0n) is 17.2. The molecule has 0 aliphatic rings. The Hall–Kier alpha value is -4.31. The van der Waals surface area contributed by atoms with Crippen molar-refractivity contribution in [2.45, 2.75) is 6.61 Å². The molecule has 0 bridgehead atoms. The minimum Gasteiger partial charge on any atom is -0.497 e. The smallest absolute Gasteiger partial charge is 0.275 e. The first kappa shape index (κ1) is 21.4. The first-order valence-electron chi connectivity index (χ1n) is 9.41. The summed E-state index contributed by atoms with van der Waals surface area (Å²) in [6.45, 7) is 0.303. The molecule has 1 amide bonds. The Balaban J connectivity index is 1.57. The van der Waals surface area contributed by atoms with Gasteiger partial charge in [-0.05, 0) is 48.0 Å². The molecule has 0 aliphatic heterocycles. The molecule has 3 aromatic carbocycles. The molecule has 0 saturated heterocycles. The van der Waals surface area contributed by atoms with Gasteiger partial charge in [0, 0.05) is 11.6 Å². The minimum absolute atomic E-state index is 0.303. The van der Waals surface area contributed by atoms with Crippen LogP contribution in [-0.4, -0.2) is 26.3 Å². The molecular formula is C24H21N3O4. The highest BCUT2D eigenvalue weighted by Crippen LogP contribution is 2.24.